The number of phenolic OH excluding ortho intramolecular Hbond substituents is 1. The van der Waals surface area contributed by atoms with Gasteiger partial charge in [0.25, 0.3) is 5.91 Å². The Balaban J connectivity index is 1.57. The van der Waals surface area contributed by atoms with Crippen LogP contribution in [0.15, 0.2) is 52.0 Å². The zero-order valence-electron chi connectivity index (χ0n) is 16.9. The summed E-state index contributed by atoms with van der Waals surface area (Å²) in [6.07, 6.45) is 2.00. The number of esters is 1. The summed E-state index contributed by atoms with van der Waals surface area (Å²) >= 11 is 12.0. The molecule has 1 aromatic heterocycles. The molecule has 1 amide bonds. The number of aryl methyl sites for hydroxylation is 1. The Kier molecular flexibility index (Phi) is 6.21. The minimum absolute atomic E-state index is 0.0560. The van der Waals surface area contributed by atoms with Crippen LogP contribution in [0.1, 0.15) is 50.6 Å². The van der Waals surface area contributed by atoms with Gasteiger partial charge in [0.2, 0.25) is 5.76 Å². The van der Waals surface area contributed by atoms with Crippen molar-refractivity contribution in [1.29, 1.82) is 0 Å². The molecule has 32 heavy (non-hydrogen) atoms. The molecule has 1 aliphatic rings. The number of nitrogens with one attached hydrogen (secondary N) is 1. The number of hydrogen-bond donors (Lipinski definition) is 2. The molecule has 0 unspecified atom stereocenters. The third-order valence-corrected chi connectivity index (χ3v) is 5.56. The highest BCUT2D eigenvalue weighted by Crippen LogP contribution is 2.32. The van der Waals surface area contributed by atoms with E-state index in [4.69, 9.17) is 32.4 Å². The Morgan fingerprint density at radius 2 is 1.88 bits per heavy atom. The van der Waals surface area contributed by atoms with Gasteiger partial charge in [-0.05, 0) is 62.2 Å². The molecule has 2 aromatic carbocycles. The van der Waals surface area contributed by atoms with Crippen LogP contribution in [0.5, 0.6) is 11.5 Å². The van der Waals surface area contributed by atoms with Crippen LogP contribution in [0.2, 0.25) is 10.0 Å². The van der Waals surface area contributed by atoms with Crippen LogP contribution in [-0.2, 0) is 6.42 Å². The van der Waals surface area contributed by atoms with Gasteiger partial charge in [-0.15, -0.1) is 0 Å². The molecule has 4 rings (SSSR count). The summed E-state index contributed by atoms with van der Waals surface area (Å²) in [6, 6.07) is 10.4. The fourth-order valence-corrected chi connectivity index (χ4v) is 3.92. The summed E-state index contributed by atoms with van der Waals surface area (Å²) < 4.78 is 11.2. The molecular weight excluding hydrogens is 455 g/mol. The van der Waals surface area contributed by atoms with Crippen molar-refractivity contribution in [2.24, 2.45) is 5.10 Å². The Morgan fingerprint density at radius 1 is 1.12 bits per heavy atom. The van der Waals surface area contributed by atoms with Gasteiger partial charge in [-0.1, -0.05) is 23.2 Å². The maximum absolute atomic E-state index is 12.7. The van der Waals surface area contributed by atoms with Crippen molar-refractivity contribution >= 4 is 40.8 Å². The molecule has 9 heteroatoms. The van der Waals surface area contributed by atoms with E-state index in [0.29, 0.717) is 46.0 Å². The molecule has 7 nitrogen and oxygen atoms in total. The van der Waals surface area contributed by atoms with E-state index in [1.165, 1.54) is 36.4 Å². The minimum atomic E-state index is -0.686. The first-order valence-corrected chi connectivity index (χ1v) is 10.5. The van der Waals surface area contributed by atoms with E-state index < -0.39 is 11.9 Å². The van der Waals surface area contributed by atoms with Gasteiger partial charge in [0, 0.05) is 28.1 Å². The average Bonchev–Trinajstić information content (AvgIpc) is 3.12. The van der Waals surface area contributed by atoms with Crippen LogP contribution in [0.3, 0.4) is 0 Å². The van der Waals surface area contributed by atoms with E-state index >= 15 is 0 Å². The fourth-order valence-electron chi connectivity index (χ4n) is 3.47. The average molecular weight is 473 g/mol. The molecule has 0 saturated carbocycles. The first-order valence-electron chi connectivity index (χ1n) is 9.79. The van der Waals surface area contributed by atoms with Crippen molar-refractivity contribution in [3.63, 3.8) is 0 Å². The Hall–Kier alpha value is -3.29. The molecule has 0 atom stereocenters. The van der Waals surface area contributed by atoms with Gasteiger partial charge < -0.3 is 14.3 Å². The molecule has 0 radical (unpaired) electrons. The SMILES string of the molecule is Cc1c(C(=O)Oc2ccc(Cl)cc2Cl)oc2c1/C(=N/NC(=O)c1ccc(O)cc1)CCC2. The van der Waals surface area contributed by atoms with Crippen molar-refractivity contribution in [3.8, 4) is 11.5 Å². The van der Waals surface area contributed by atoms with Crippen molar-refractivity contribution in [2.75, 3.05) is 0 Å². The van der Waals surface area contributed by atoms with Crippen molar-refractivity contribution in [1.82, 2.24) is 5.43 Å². The van der Waals surface area contributed by atoms with Crippen LogP contribution in [0.25, 0.3) is 0 Å². The van der Waals surface area contributed by atoms with Gasteiger partial charge >= 0.3 is 5.97 Å². The monoisotopic (exact) mass is 472 g/mol. The standard InChI is InChI=1S/C23H18Cl2N2O5/c1-12-20-17(26-27-22(29)13-5-8-15(28)9-6-13)3-2-4-19(20)31-21(12)23(30)32-18-10-7-14(24)11-16(18)25/h5-11,28H,2-4H2,1H3,(H,27,29)/b26-17+. The normalized spacial score (nSPS) is 14.2. The number of phenols is 1. The summed E-state index contributed by atoms with van der Waals surface area (Å²) in [5.41, 5.74) is 4.77. The van der Waals surface area contributed by atoms with Crippen LogP contribution in [-0.4, -0.2) is 22.7 Å². The number of rotatable bonds is 4. The molecular formula is C23H18Cl2N2O5. The third kappa shape index (κ3) is 4.49. The number of fused-ring (bicyclic) bond motifs is 1. The van der Waals surface area contributed by atoms with Gasteiger partial charge in [-0.25, -0.2) is 10.2 Å². The number of carbonyl (C=O) groups excluding carboxylic acids is 2. The van der Waals surface area contributed by atoms with Gasteiger partial charge in [0.05, 0.1) is 10.7 Å². The first-order chi connectivity index (χ1) is 15.3. The maximum Gasteiger partial charge on any atom is 0.379 e. The van der Waals surface area contributed by atoms with Crippen molar-refractivity contribution in [3.05, 3.63) is 80.7 Å². The van der Waals surface area contributed by atoms with E-state index in [9.17, 15) is 14.7 Å². The smallest absolute Gasteiger partial charge is 0.379 e. The summed E-state index contributed by atoms with van der Waals surface area (Å²) in [6.45, 7) is 1.74. The number of amides is 1. The molecule has 0 bridgehead atoms. The van der Waals surface area contributed by atoms with Crippen LogP contribution < -0.4 is 10.2 Å². The lowest BCUT2D eigenvalue weighted by Gasteiger charge is -2.13. The molecule has 1 heterocycles. The predicted octanol–water partition coefficient (Wildman–Crippen LogP) is 5.29. The molecule has 164 valence electrons. The zero-order valence-corrected chi connectivity index (χ0v) is 18.5. The zero-order chi connectivity index (χ0) is 22.8. The van der Waals surface area contributed by atoms with E-state index in [1.807, 2.05) is 0 Å². The van der Waals surface area contributed by atoms with Crippen LogP contribution in [0.4, 0.5) is 0 Å². The molecule has 0 spiro atoms. The lowest BCUT2D eigenvalue weighted by Crippen LogP contribution is -2.22. The number of hydrazone groups is 1. The van der Waals surface area contributed by atoms with Crippen molar-refractivity contribution in [2.45, 2.75) is 26.2 Å². The second kappa shape index (κ2) is 9.06. The summed E-state index contributed by atoms with van der Waals surface area (Å²) in [4.78, 5) is 25.1. The largest absolute Gasteiger partial charge is 0.508 e. The first kappa shape index (κ1) is 21.9. The molecule has 1 aliphatic carbocycles. The highest BCUT2D eigenvalue weighted by molar-refractivity contribution is 6.35. The van der Waals surface area contributed by atoms with Gasteiger partial charge in [-0.2, -0.15) is 5.10 Å². The molecule has 0 aliphatic heterocycles. The second-order valence-electron chi connectivity index (χ2n) is 7.22. The topological polar surface area (TPSA) is 101 Å². The highest BCUT2D eigenvalue weighted by Gasteiger charge is 2.29. The summed E-state index contributed by atoms with van der Waals surface area (Å²) in [5, 5.41) is 14.3. The van der Waals surface area contributed by atoms with Gasteiger partial charge in [-0.3, -0.25) is 4.79 Å². The Morgan fingerprint density at radius 3 is 2.59 bits per heavy atom. The molecule has 0 fully saturated rings. The number of nitrogens with zero attached hydrogens (tertiary/aromatic N) is 1. The van der Waals surface area contributed by atoms with Gasteiger partial charge in [0.15, 0.2) is 0 Å². The second-order valence-corrected chi connectivity index (χ2v) is 8.06. The molecule has 2 N–H and O–H groups in total. The number of benzene rings is 2. The van der Waals surface area contributed by atoms with E-state index in [-0.39, 0.29) is 22.3 Å². The number of carbonyl (C=O) groups is 2. The van der Waals surface area contributed by atoms with E-state index in [1.54, 1.807) is 13.0 Å². The lowest BCUT2D eigenvalue weighted by atomic mass is 9.93. The molecule has 0 saturated heterocycles. The number of hydrogen-bond acceptors (Lipinski definition) is 6. The van der Waals surface area contributed by atoms with Crippen LogP contribution in [0, 0.1) is 6.92 Å². The van der Waals surface area contributed by atoms with Crippen molar-refractivity contribution < 1.29 is 23.8 Å². The maximum atomic E-state index is 12.7. The predicted molar refractivity (Wildman–Crippen MR) is 120 cm³/mol. The fraction of sp³-hybridized carbons (Fsp3) is 0.174. The quantitative estimate of drug-likeness (QED) is 0.305. The summed E-state index contributed by atoms with van der Waals surface area (Å²) in [7, 11) is 0. The van der Waals surface area contributed by atoms with Crippen LogP contribution >= 0.6 is 23.2 Å². The number of aromatic hydroxyl groups is 1. The van der Waals surface area contributed by atoms with E-state index in [2.05, 4.69) is 10.5 Å². The summed E-state index contributed by atoms with van der Waals surface area (Å²) in [5.74, 6) is -0.194. The highest BCUT2D eigenvalue weighted by atomic mass is 35.5. The Bertz CT molecular complexity index is 1230. The lowest BCUT2D eigenvalue weighted by molar-refractivity contribution is 0.0698. The third-order valence-electron chi connectivity index (χ3n) is 5.03. The number of ether oxygens (including phenoxy) is 1. The number of furan rings is 1. The molecule has 3 aromatic rings. The Labute approximate surface area is 193 Å². The van der Waals surface area contributed by atoms with E-state index in [0.717, 1.165) is 6.42 Å². The van der Waals surface area contributed by atoms with Gasteiger partial charge in [0.1, 0.15) is 17.3 Å². The minimum Gasteiger partial charge on any atom is -0.508 e. The number of halogens is 2.